The highest BCUT2D eigenvalue weighted by Gasteiger charge is 2.48. The smallest absolute Gasteiger partial charge is 0.416 e. The Bertz CT molecular complexity index is 677. The van der Waals surface area contributed by atoms with Crippen molar-refractivity contribution >= 4 is 12.0 Å². The van der Waals surface area contributed by atoms with Crippen molar-refractivity contribution in [2.45, 2.75) is 39.3 Å². The average Bonchev–Trinajstić information content (AvgIpc) is 2.95. The summed E-state index contributed by atoms with van der Waals surface area (Å²) in [5.74, 6) is -1.71. The monoisotopic (exact) mass is 330 g/mol. The molecular weight excluding hydrogens is 308 g/mol. The van der Waals surface area contributed by atoms with Crippen molar-refractivity contribution in [3.05, 3.63) is 35.4 Å². The van der Waals surface area contributed by atoms with Crippen LogP contribution >= 0.6 is 0 Å². The molecule has 6 heteroatoms. The number of carbonyl (C=O) groups excluding carboxylic acids is 2. The molecule has 1 fully saturated rings. The zero-order valence-electron chi connectivity index (χ0n) is 14.3. The summed E-state index contributed by atoms with van der Waals surface area (Å²) in [5, 5.41) is 20.4. The van der Waals surface area contributed by atoms with Gasteiger partial charge < -0.3 is 9.84 Å². The van der Waals surface area contributed by atoms with E-state index >= 15 is 0 Å². The zero-order chi connectivity index (χ0) is 18.1. The van der Waals surface area contributed by atoms with E-state index in [4.69, 9.17) is 4.74 Å². The van der Waals surface area contributed by atoms with E-state index in [2.05, 4.69) is 0 Å². The summed E-state index contributed by atoms with van der Waals surface area (Å²) in [6.45, 7) is 7.23. The van der Waals surface area contributed by atoms with E-state index in [9.17, 15) is 20.0 Å². The highest BCUT2D eigenvalue weighted by Crippen LogP contribution is 2.33. The van der Waals surface area contributed by atoms with Crippen LogP contribution in [0.4, 0.5) is 4.79 Å². The van der Waals surface area contributed by atoms with Gasteiger partial charge in [-0.2, -0.15) is 5.26 Å². The van der Waals surface area contributed by atoms with Crippen LogP contribution < -0.4 is 0 Å². The van der Waals surface area contributed by atoms with E-state index < -0.39 is 29.6 Å². The first kappa shape index (κ1) is 18.0. The standard InChI is InChI=1S/C18H22N2O4/c1-11(2)15-9-24-17(22)20(15)16(21)13(4)18(23,10-19)14-7-5-12(3)6-8-14/h5-8,11,13,15,23H,9H2,1-4H3/t13-,15+,18+/m0/s1. The molecule has 0 aliphatic carbocycles. The fourth-order valence-corrected chi connectivity index (χ4v) is 2.79. The first-order valence-electron chi connectivity index (χ1n) is 7.93. The number of nitrogens with zero attached hydrogens (tertiary/aromatic N) is 2. The topological polar surface area (TPSA) is 90.6 Å². The first-order valence-corrected chi connectivity index (χ1v) is 7.93. The van der Waals surface area contributed by atoms with Crippen LogP contribution in [0, 0.1) is 30.1 Å². The van der Waals surface area contributed by atoms with Gasteiger partial charge in [-0.25, -0.2) is 9.69 Å². The van der Waals surface area contributed by atoms with Crippen LogP contribution in [-0.2, 0) is 15.1 Å². The molecule has 1 aromatic carbocycles. The van der Waals surface area contributed by atoms with E-state index in [1.165, 1.54) is 6.92 Å². The lowest BCUT2D eigenvalue weighted by atomic mass is 9.82. The van der Waals surface area contributed by atoms with Crippen molar-refractivity contribution in [1.29, 1.82) is 5.26 Å². The van der Waals surface area contributed by atoms with Gasteiger partial charge >= 0.3 is 6.09 Å². The Labute approximate surface area is 141 Å². The Morgan fingerprint density at radius 3 is 2.46 bits per heavy atom. The summed E-state index contributed by atoms with van der Waals surface area (Å²) in [6.07, 6.45) is -0.727. The second kappa shape index (κ2) is 6.62. The summed E-state index contributed by atoms with van der Waals surface area (Å²) in [4.78, 5) is 25.8. The van der Waals surface area contributed by atoms with Gasteiger partial charge in [-0.1, -0.05) is 43.7 Å². The second-order valence-electron chi connectivity index (χ2n) is 6.56. The molecule has 1 saturated heterocycles. The van der Waals surface area contributed by atoms with Gasteiger partial charge in [0.2, 0.25) is 5.91 Å². The summed E-state index contributed by atoms with van der Waals surface area (Å²) in [6, 6.07) is 8.19. The third-order valence-electron chi connectivity index (χ3n) is 4.57. The molecule has 0 aromatic heterocycles. The van der Waals surface area contributed by atoms with E-state index in [1.54, 1.807) is 24.3 Å². The lowest BCUT2D eigenvalue weighted by Gasteiger charge is -2.31. The third kappa shape index (κ3) is 3.00. The highest BCUT2D eigenvalue weighted by molar-refractivity contribution is 5.95. The molecule has 0 bridgehead atoms. The number of ether oxygens (including phenoxy) is 1. The van der Waals surface area contributed by atoms with E-state index in [0.29, 0.717) is 5.56 Å². The Hall–Kier alpha value is -2.39. The van der Waals surface area contributed by atoms with Gasteiger partial charge in [0, 0.05) is 0 Å². The maximum Gasteiger partial charge on any atom is 0.416 e. The average molecular weight is 330 g/mol. The number of nitriles is 1. The number of hydrogen-bond acceptors (Lipinski definition) is 5. The van der Waals surface area contributed by atoms with Crippen LogP contribution in [-0.4, -0.2) is 34.7 Å². The minimum atomic E-state index is -2.02. The molecule has 1 aliphatic rings. The Morgan fingerprint density at radius 1 is 1.38 bits per heavy atom. The minimum absolute atomic E-state index is 0.0159. The van der Waals surface area contributed by atoms with Crippen molar-refractivity contribution in [2.75, 3.05) is 6.61 Å². The molecule has 24 heavy (non-hydrogen) atoms. The molecule has 1 aliphatic heterocycles. The molecule has 0 spiro atoms. The molecular formula is C18H22N2O4. The fraction of sp³-hybridized carbons (Fsp3) is 0.500. The quantitative estimate of drug-likeness (QED) is 0.856. The lowest BCUT2D eigenvalue weighted by molar-refractivity contribution is -0.140. The van der Waals surface area contributed by atoms with Crippen LogP contribution in [0.1, 0.15) is 31.9 Å². The predicted octanol–water partition coefficient (Wildman–Crippen LogP) is 2.35. The number of carbonyl (C=O) groups is 2. The minimum Gasteiger partial charge on any atom is -0.447 e. The summed E-state index contributed by atoms with van der Waals surface area (Å²) in [5.41, 5.74) is -0.721. The Kier molecular flexibility index (Phi) is 4.95. The molecule has 0 unspecified atom stereocenters. The Balaban J connectivity index is 2.35. The molecule has 2 amide bonds. The van der Waals surface area contributed by atoms with Gasteiger partial charge in [-0.05, 0) is 25.3 Å². The normalized spacial score (nSPS) is 21.1. The van der Waals surface area contributed by atoms with E-state index in [-0.39, 0.29) is 12.5 Å². The van der Waals surface area contributed by atoms with Crippen molar-refractivity contribution in [2.24, 2.45) is 11.8 Å². The maximum absolute atomic E-state index is 12.8. The number of benzene rings is 1. The lowest BCUT2D eigenvalue weighted by Crippen LogP contribution is -2.49. The Morgan fingerprint density at radius 2 is 1.96 bits per heavy atom. The molecule has 128 valence electrons. The van der Waals surface area contributed by atoms with Crippen molar-refractivity contribution in [3.63, 3.8) is 0 Å². The van der Waals surface area contributed by atoms with Crippen molar-refractivity contribution in [1.82, 2.24) is 4.90 Å². The molecule has 1 aromatic rings. The van der Waals surface area contributed by atoms with Crippen LogP contribution in [0.5, 0.6) is 0 Å². The van der Waals surface area contributed by atoms with Gasteiger partial charge in [-0.3, -0.25) is 4.79 Å². The van der Waals surface area contributed by atoms with Gasteiger partial charge in [0.25, 0.3) is 0 Å². The number of aryl methyl sites for hydroxylation is 1. The summed E-state index contributed by atoms with van der Waals surface area (Å²) < 4.78 is 4.98. The van der Waals surface area contributed by atoms with Crippen molar-refractivity contribution < 1.29 is 19.4 Å². The number of aliphatic hydroxyl groups is 1. The SMILES string of the molecule is Cc1ccc([C@@](O)(C#N)[C@@H](C)C(=O)N2C(=O)OC[C@@H]2C(C)C)cc1. The number of cyclic esters (lactones) is 1. The van der Waals surface area contributed by atoms with Gasteiger partial charge in [0.05, 0.1) is 12.0 Å². The van der Waals surface area contributed by atoms with E-state index in [1.807, 2.05) is 26.8 Å². The summed E-state index contributed by atoms with van der Waals surface area (Å²) in [7, 11) is 0. The van der Waals surface area contributed by atoms with Gasteiger partial charge in [0.1, 0.15) is 12.7 Å². The number of amides is 2. The summed E-state index contributed by atoms with van der Waals surface area (Å²) >= 11 is 0. The second-order valence-corrected chi connectivity index (χ2v) is 6.56. The molecule has 2 rings (SSSR count). The fourth-order valence-electron chi connectivity index (χ4n) is 2.79. The predicted molar refractivity (Wildman–Crippen MR) is 86.7 cm³/mol. The van der Waals surface area contributed by atoms with Crippen LogP contribution in [0.2, 0.25) is 0 Å². The molecule has 0 saturated carbocycles. The molecule has 1 heterocycles. The van der Waals surface area contributed by atoms with Crippen LogP contribution in [0.25, 0.3) is 0 Å². The molecule has 3 atom stereocenters. The van der Waals surface area contributed by atoms with E-state index in [0.717, 1.165) is 10.5 Å². The zero-order valence-corrected chi connectivity index (χ0v) is 14.3. The molecule has 0 radical (unpaired) electrons. The van der Waals surface area contributed by atoms with Crippen LogP contribution in [0.15, 0.2) is 24.3 Å². The number of hydrogen-bond donors (Lipinski definition) is 1. The maximum atomic E-state index is 12.8. The van der Waals surface area contributed by atoms with Crippen molar-refractivity contribution in [3.8, 4) is 6.07 Å². The van der Waals surface area contributed by atoms with Crippen LogP contribution in [0.3, 0.4) is 0 Å². The molecule has 1 N–H and O–H groups in total. The third-order valence-corrected chi connectivity index (χ3v) is 4.57. The number of imide groups is 1. The highest BCUT2D eigenvalue weighted by atomic mass is 16.6. The largest absolute Gasteiger partial charge is 0.447 e. The van der Waals surface area contributed by atoms with Gasteiger partial charge in [-0.15, -0.1) is 0 Å². The van der Waals surface area contributed by atoms with Gasteiger partial charge in [0.15, 0.2) is 5.60 Å². The molecule has 6 nitrogen and oxygen atoms in total. The number of rotatable bonds is 4. The first-order chi connectivity index (χ1) is 11.2.